The minimum atomic E-state index is -0.117. The van der Waals surface area contributed by atoms with Crippen LogP contribution in [0.25, 0.3) is 0 Å². The first-order valence-corrected chi connectivity index (χ1v) is 6.94. The molecule has 19 heavy (non-hydrogen) atoms. The molecule has 2 aromatic rings. The standard InChI is InChI=1S/C14H17N3OS/c1-9-8-13(18)17-14(16-9)19-12-7-5-4-6-11(12)10(2)15-3/h4-8,10,15H,1-3H3,(H,16,17,18). The summed E-state index contributed by atoms with van der Waals surface area (Å²) in [5.41, 5.74) is 1.80. The number of nitrogens with zero attached hydrogens (tertiary/aromatic N) is 1. The van der Waals surface area contributed by atoms with E-state index >= 15 is 0 Å². The first kappa shape index (κ1) is 13.8. The van der Waals surface area contributed by atoms with Crippen LogP contribution in [0.2, 0.25) is 0 Å². The molecule has 0 spiro atoms. The molecule has 0 amide bonds. The van der Waals surface area contributed by atoms with Crippen molar-refractivity contribution in [3.8, 4) is 0 Å². The SMILES string of the molecule is CNC(C)c1ccccc1Sc1nc(C)cc(=O)[nH]1. The predicted octanol–water partition coefficient (Wildman–Crippen LogP) is 2.51. The third kappa shape index (κ3) is 3.45. The van der Waals surface area contributed by atoms with E-state index in [0.29, 0.717) is 5.16 Å². The molecule has 2 rings (SSSR count). The zero-order valence-electron chi connectivity index (χ0n) is 11.2. The van der Waals surface area contributed by atoms with E-state index < -0.39 is 0 Å². The Morgan fingerprint density at radius 2 is 2.11 bits per heavy atom. The molecule has 5 heteroatoms. The van der Waals surface area contributed by atoms with Crippen molar-refractivity contribution in [2.45, 2.75) is 29.9 Å². The second-order valence-corrected chi connectivity index (χ2v) is 5.37. The lowest BCUT2D eigenvalue weighted by atomic mass is 10.1. The summed E-state index contributed by atoms with van der Waals surface area (Å²) in [6.07, 6.45) is 0. The third-order valence-electron chi connectivity index (χ3n) is 2.87. The van der Waals surface area contributed by atoms with Crippen LogP contribution in [0.1, 0.15) is 24.2 Å². The number of H-pyrrole nitrogens is 1. The van der Waals surface area contributed by atoms with E-state index in [1.54, 1.807) is 0 Å². The van der Waals surface area contributed by atoms with Gasteiger partial charge in [-0.1, -0.05) is 30.0 Å². The van der Waals surface area contributed by atoms with Gasteiger partial charge in [0.25, 0.3) is 5.56 Å². The van der Waals surface area contributed by atoms with Crippen molar-refractivity contribution >= 4 is 11.8 Å². The summed E-state index contributed by atoms with van der Waals surface area (Å²) in [5, 5.41) is 3.85. The molecule has 1 atom stereocenters. The number of aryl methyl sites for hydroxylation is 1. The van der Waals surface area contributed by atoms with E-state index in [9.17, 15) is 4.79 Å². The Bertz CT molecular complexity index is 624. The molecule has 1 aromatic carbocycles. The molecule has 1 unspecified atom stereocenters. The van der Waals surface area contributed by atoms with Gasteiger partial charge in [0, 0.05) is 22.7 Å². The van der Waals surface area contributed by atoms with Crippen molar-refractivity contribution in [2.24, 2.45) is 0 Å². The van der Waals surface area contributed by atoms with E-state index in [4.69, 9.17) is 0 Å². The summed E-state index contributed by atoms with van der Waals surface area (Å²) in [7, 11) is 1.93. The lowest BCUT2D eigenvalue weighted by Gasteiger charge is -2.14. The quantitative estimate of drug-likeness (QED) is 0.842. The average molecular weight is 275 g/mol. The van der Waals surface area contributed by atoms with Crippen LogP contribution in [0, 0.1) is 6.92 Å². The molecule has 0 saturated heterocycles. The maximum absolute atomic E-state index is 11.5. The fourth-order valence-corrected chi connectivity index (χ4v) is 2.85. The Kier molecular flexibility index (Phi) is 4.39. The molecule has 0 aliphatic carbocycles. The van der Waals surface area contributed by atoms with Gasteiger partial charge in [0.2, 0.25) is 0 Å². The summed E-state index contributed by atoms with van der Waals surface area (Å²) in [5.74, 6) is 0. The van der Waals surface area contributed by atoms with Crippen molar-refractivity contribution in [2.75, 3.05) is 7.05 Å². The summed E-state index contributed by atoms with van der Waals surface area (Å²) in [4.78, 5) is 19.6. The largest absolute Gasteiger partial charge is 0.313 e. The number of benzene rings is 1. The van der Waals surface area contributed by atoms with Gasteiger partial charge in [0.15, 0.2) is 5.16 Å². The monoisotopic (exact) mass is 275 g/mol. The minimum Gasteiger partial charge on any atom is -0.313 e. The smallest absolute Gasteiger partial charge is 0.251 e. The Labute approximate surface area is 116 Å². The second-order valence-electron chi connectivity index (χ2n) is 4.34. The van der Waals surface area contributed by atoms with Crippen molar-refractivity contribution < 1.29 is 0 Å². The zero-order valence-corrected chi connectivity index (χ0v) is 12.0. The molecule has 1 aromatic heterocycles. The van der Waals surface area contributed by atoms with Crippen LogP contribution in [0.5, 0.6) is 0 Å². The Morgan fingerprint density at radius 1 is 1.37 bits per heavy atom. The maximum Gasteiger partial charge on any atom is 0.251 e. The molecule has 1 heterocycles. The highest BCUT2D eigenvalue weighted by molar-refractivity contribution is 7.99. The van der Waals surface area contributed by atoms with Crippen LogP contribution in [-0.4, -0.2) is 17.0 Å². The van der Waals surface area contributed by atoms with E-state index in [1.807, 2.05) is 32.2 Å². The van der Waals surface area contributed by atoms with Gasteiger partial charge >= 0.3 is 0 Å². The van der Waals surface area contributed by atoms with Gasteiger partial charge in [0.05, 0.1) is 0 Å². The average Bonchev–Trinajstić information content (AvgIpc) is 2.37. The number of hydrogen-bond acceptors (Lipinski definition) is 4. The predicted molar refractivity (Wildman–Crippen MR) is 77.6 cm³/mol. The number of hydrogen-bond donors (Lipinski definition) is 2. The molecular weight excluding hydrogens is 258 g/mol. The van der Waals surface area contributed by atoms with Gasteiger partial charge in [-0.15, -0.1) is 0 Å². The summed E-state index contributed by atoms with van der Waals surface area (Å²) < 4.78 is 0. The van der Waals surface area contributed by atoms with E-state index in [1.165, 1.54) is 23.4 Å². The molecule has 2 N–H and O–H groups in total. The lowest BCUT2D eigenvalue weighted by molar-refractivity contribution is 0.641. The van der Waals surface area contributed by atoms with Gasteiger partial charge in [-0.3, -0.25) is 4.79 Å². The van der Waals surface area contributed by atoms with Crippen molar-refractivity contribution in [3.05, 3.63) is 51.9 Å². The van der Waals surface area contributed by atoms with Crippen LogP contribution in [0.15, 0.2) is 45.2 Å². The lowest BCUT2D eigenvalue weighted by Crippen LogP contribution is -2.13. The van der Waals surface area contributed by atoms with Crippen LogP contribution in [0.3, 0.4) is 0 Å². The van der Waals surface area contributed by atoms with Gasteiger partial charge in [-0.2, -0.15) is 0 Å². The van der Waals surface area contributed by atoms with Gasteiger partial charge in [-0.05, 0) is 32.5 Å². The molecule has 0 bridgehead atoms. The van der Waals surface area contributed by atoms with Crippen LogP contribution in [-0.2, 0) is 0 Å². The van der Waals surface area contributed by atoms with Gasteiger partial charge in [-0.25, -0.2) is 4.98 Å². The normalized spacial score (nSPS) is 12.4. The Morgan fingerprint density at radius 3 is 2.79 bits per heavy atom. The number of rotatable bonds is 4. The Balaban J connectivity index is 2.35. The van der Waals surface area contributed by atoms with Gasteiger partial charge in [0.1, 0.15) is 0 Å². The fourth-order valence-electron chi connectivity index (χ4n) is 1.79. The minimum absolute atomic E-state index is 0.117. The van der Waals surface area contributed by atoms with Crippen LogP contribution >= 0.6 is 11.8 Å². The van der Waals surface area contributed by atoms with Crippen molar-refractivity contribution in [1.82, 2.24) is 15.3 Å². The number of nitrogens with one attached hydrogen (secondary N) is 2. The third-order valence-corrected chi connectivity index (χ3v) is 3.85. The first-order chi connectivity index (χ1) is 9.10. The second kappa shape index (κ2) is 6.04. The number of aromatic amines is 1. The number of aromatic nitrogens is 2. The maximum atomic E-state index is 11.5. The van der Waals surface area contributed by atoms with Crippen LogP contribution in [0.4, 0.5) is 0 Å². The molecule has 0 saturated carbocycles. The zero-order chi connectivity index (χ0) is 13.8. The van der Waals surface area contributed by atoms with Gasteiger partial charge < -0.3 is 10.3 Å². The van der Waals surface area contributed by atoms with E-state index in [0.717, 1.165) is 10.6 Å². The fraction of sp³-hybridized carbons (Fsp3) is 0.286. The van der Waals surface area contributed by atoms with Crippen molar-refractivity contribution in [1.29, 1.82) is 0 Å². The highest BCUT2D eigenvalue weighted by Gasteiger charge is 2.10. The molecule has 0 aliphatic rings. The van der Waals surface area contributed by atoms with Crippen LogP contribution < -0.4 is 10.9 Å². The highest BCUT2D eigenvalue weighted by atomic mass is 32.2. The van der Waals surface area contributed by atoms with E-state index in [2.05, 4.69) is 28.3 Å². The summed E-state index contributed by atoms with van der Waals surface area (Å²) in [6, 6.07) is 9.86. The van der Waals surface area contributed by atoms with Crippen molar-refractivity contribution in [3.63, 3.8) is 0 Å². The molecule has 0 fully saturated rings. The summed E-state index contributed by atoms with van der Waals surface area (Å²) >= 11 is 1.48. The van der Waals surface area contributed by atoms with E-state index in [-0.39, 0.29) is 11.6 Å². The molecule has 4 nitrogen and oxygen atoms in total. The highest BCUT2D eigenvalue weighted by Crippen LogP contribution is 2.30. The molecule has 100 valence electrons. The summed E-state index contributed by atoms with van der Waals surface area (Å²) in [6.45, 7) is 3.92. The topological polar surface area (TPSA) is 57.8 Å². The molecule has 0 aliphatic heterocycles. The Hall–Kier alpha value is -1.59. The molecule has 0 radical (unpaired) electrons. The molecular formula is C14H17N3OS. The first-order valence-electron chi connectivity index (χ1n) is 6.12.